The third-order valence-electron chi connectivity index (χ3n) is 4.85. The third kappa shape index (κ3) is 2.79. The minimum Gasteiger partial charge on any atom is -0.310 e. The van der Waals surface area contributed by atoms with E-state index in [1.54, 1.807) is 0 Å². The summed E-state index contributed by atoms with van der Waals surface area (Å²) < 4.78 is 0. The molecule has 0 amide bonds. The van der Waals surface area contributed by atoms with Gasteiger partial charge in [0, 0.05) is 25.3 Å². The van der Waals surface area contributed by atoms with Gasteiger partial charge in [0.1, 0.15) is 0 Å². The predicted molar refractivity (Wildman–Crippen MR) is 77.5 cm³/mol. The molecule has 0 bridgehead atoms. The summed E-state index contributed by atoms with van der Waals surface area (Å²) in [7, 11) is 0. The molecule has 2 N–H and O–H groups in total. The minimum atomic E-state index is -0.443. The van der Waals surface area contributed by atoms with Crippen LogP contribution in [0.2, 0.25) is 0 Å². The summed E-state index contributed by atoms with van der Waals surface area (Å²) in [5, 5.41) is 9.50. The summed E-state index contributed by atoms with van der Waals surface area (Å²) in [6.07, 6.45) is 6.33. The van der Waals surface area contributed by atoms with E-state index in [2.05, 4.69) is 20.9 Å². The van der Waals surface area contributed by atoms with Gasteiger partial charge in [-0.2, -0.15) is 5.26 Å². The molecule has 112 valence electrons. The van der Waals surface area contributed by atoms with Crippen LogP contribution >= 0.6 is 0 Å². The maximum absolute atomic E-state index is 11.7. The molecule has 1 saturated carbocycles. The third-order valence-corrected chi connectivity index (χ3v) is 4.85. The molecule has 21 heavy (non-hydrogen) atoms. The Hall–Kier alpha value is -1.87. The number of aromatic amines is 2. The molecule has 0 radical (unpaired) electrons. The number of nitrogens with zero attached hydrogens (tertiary/aromatic N) is 2. The molecule has 6 heteroatoms. The van der Waals surface area contributed by atoms with Crippen LogP contribution in [0.5, 0.6) is 0 Å². The Morgan fingerprint density at radius 3 is 2.62 bits per heavy atom. The maximum Gasteiger partial charge on any atom is 0.325 e. The molecule has 1 aliphatic carbocycles. The maximum atomic E-state index is 11.7. The molecule has 6 nitrogen and oxygen atoms in total. The van der Waals surface area contributed by atoms with Crippen molar-refractivity contribution in [2.45, 2.75) is 51.6 Å². The monoisotopic (exact) mass is 288 g/mol. The quantitative estimate of drug-likeness (QED) is 0.875. The number of nitriles is 1. The van der Waals surface area contributed by atoms with Gasteiger partial charge in [-0.25, -0.2) is 4.79 Å². The average molecular weight is 288 g/mol. The van der Waals surface area contributed by atoms with Gasteiger partial charge < -0.3 is 4.98 Å². The first-order valence-corrected chi connectivity index (χ1v) is 7.60. The van der Waals surface area contributed by atoms with Crippen molar-refractivity contribution in [1.29, 1.82) is 5.26 Å². The van der Waals surface area contributed by atoms with E-state index in [-0.39, 0.29) is 11.0 Å². The van der Waals surface area contributed by atoms with E-state index in [4.69, 9.17) is 0 Å². The summed E-state index contributed by atoms with van der Waals surface area (Å²) in [4.78, 5) is 30.1. The summed E-state index contributed by atoms with van der Waals surface area (Å²) in [5.74, 6) is 0. The van der Waals surface area contributed by atoms with Gasteiger partial charge in [-0.3, -0.25) is 14.7 Å². The number of H-pyrrole nitrogens is 2. The molecule has 1 aromatic heterocycles. The molecule has 1 aromatic rings. The predicted octanol–water partition coefficient (Wildman–Crippen LogP) is 1.24. The van der Waals surface area contributed by atoms with E-state index in [1.165, 1.54) is 6.42 Å². The Bertz CT molecular complexity index is 676. The van der Waals surface area contributed by atoms with Gasteiger partial charge in [0.15, 0.2) is 0 Å². The molecule has 0 atom stereocenters. The highest BCUT2D eigenvalue weighted by molar-refractivity contribution is 5.20. The molecule has 1 aliphatic heterocycles. The van der Waals surface area contributed by atoms with Crippen molar-refractivity contribution in [2.24, 2.45) is 5.41 Å². The lowest BCUT2D eigenvalue weighted by Crippen LogP contribution is -2.29. The number of aromatic nitrogens is 2. The highest BCUT2D eigenvalue weighted by atomic mass is 16.2. The Labute approximate surface area is 122 Å². The Balaban J connectivity index is 1.66. The molecule has 3 rings (SSSR count). The molecule has 1 fully saturated rings. The molecule has 0 unspecified atom stereocenters. The van der Waals surface area contributed by atoms with Crippen LogP contribution in [-0.2, 0) is 13.1 Å². The molecule has 0 spiro atoms. The van der Waals surface area contributed by atoms with Gasteiger partial charge in [-0.05, 0) is 19.3 Å². The summed E-state index contributed by atoms with van der Waals surface area (Å²) >= 11 is 0. The Morgan fingerprint density at radius 1 is 1.14 bits per heavy atom. The van der Waals surface area contributed by atoms with Crippen LogP contribution in [0.4, 0.5) is 0 Å². The summed E-state index contributed by atoms with van der Waals surface area (Å²) in [5.41, 5.74) is 0.459. The first-order chi connectivity index (χ1) is 10.1. The summed E-state index contributed by atoms with van der Waals surface area (Å²) in [6.45, 7) is 1.95. The van der Waals surface area contributed by atoms with Crippen molar-refractivity contribution < 1.29 is 0 Å². The van der Waals surface area contributed by atoms with E-state index in [0.717, 1.165) is 44.3 Å². The van der Waals surface area contributed by atoms with Gasteiger partial charge in [0.2, 0.25) is 0 Å². The second-order valence-electron chi connectivity index (χ2n) is 6.28. The normalized spacial score (nSPS) is 20.9. The first-order valence-electron chi connectivity index (χ1n) is 7.60. The molecule has 2 heterocycles. The lowest BCUT2D eigenvalue weighted by molar-refractivity contribution is 0.190. The van der Waals surface area contributed by atoms with Crippen molar-refractivity contribution in [1.82, 2.24) is 14.9 Å². The van der Waals surface area contributed by atoms with Crippen LogP contribution in [0.25, 0.3) is 0 Å². The zero-order valence-electron chi connectivity index (χ0n) is 12.1. The Kier molecular flexibility index (Phi) is 3.68. The van der Waals surface area contributed by atoms with Crippen LogP contribution in [0.3, 0.4) is 0 Å². The second-order valence-corrected chi connectivity index (χ2v) is 6.28. The number of hydrogen-bond acceptors (Lipinski definition) is 4. The number of nitrogens with one attached hydrogen (secondary N) is 2. The first kappa shape index (κ1) is 14.1. The number of rotatable bonds is 3. The van der Waals surface area contributed by atoms with Crippen molar-refractivity contribution in [3.05, 3.63) is 32.1 Å². The molecular formula is C15H20N4O2. The standard InChI is InChI=1S/C15H20N4O2/c16-10-15(4-2-1-3-5-15)6-7-19-8-11-12(9-19)17-14(21)18-13(11)20/h1-9H2,(H2,17,18,20,21). The van der Waals surface area contributed by atoms with Crippen LogP contribution in [0.15, 0.2) is 9.59 Å². The fourth-order valence-electron chi connectivity index (χ4n) is 3.54. The van der Waals surface area contributed by atoms with E-state index >= 15 is 0 Å². The molecular weight excluding hydrogens is 268 g/mol. The Morgan fingerprint density at radius 2 is 1.90 bits per heavy atom. The van der Waals surface area contributed by atoms with E-state index in [0.29, 0.717) is 18.7 Å². The van der Waals surface area contributed by atoms with Crippen LogP contribution in [0, 0.1) is 16.7 Å². The topological polar surface area (TPSA) is 92.8 Å². The lowest BCUT2D eigenvalue weighted by atomic mass is 9.73. The molecule has 2 aliphatic rings. The SMILES string of the molecule is N#CC1(CCN2Cc3[nH]c(=O)[nH]c(=O)c3C2)CCCCC1. The number of fused-ring (bicyclic) bond motifs is 1. The smallest absolute Gasteiger partial charge is 0.310 e. The fourth-order valence-corrected chi connectivity index (χ4v) is 3.54. The van der Waals surface area contributed by atoms with Gasteiger partial charge in [-0.15, -0.1) is 0 Å². The van der Waals surface area contributed by atoms with Crippen molar-refractivity contribution in [3.8, 4) is 6.07 Å². The lowest BCUT2D eigenvalue weighted by Gasteiger charge is -2.32. The summed E-state index contributed by atoms with van der Waals surface area (Å²) in [6, 6.07) is 2.53. The van der Waals surface area contributed by atoms with Crippen LogP contribution in [0.1, 0.15) is 49.8 Å². The van der Waals surface area contributed by atoms with Crippen LogP contribution < -0.4 is 11.2 Å². The number of hydrogen-bond donors (Lipinski definition) is 2. The van der Waals surface area contributed by atoms with E-state index in [1.807, 2.05) is 0 Å². The largest absolute Gasteiger partial charge is 0.325 e. The fraction of sp³-hybridized carbons (Fsp3) is 0.667. The van der Waals surface area contributed by atoms with E-state index < -0.39 is 5.69 Å². The van der Waals surface area contributed by atoms with Gasteiger partial charge in [-0.1, -0.05) is 19.3 Å². The highest BCUT2D eigenvalue weighted by Gasteiger charge is 2.33. The van der Waals surface area contributed by atoms with Gasteiger partial charge in [0.25, 0.3) is 5.56 Å². The molecule has 0 aromatic carbocycles. The zero-order valence-corrected chi connectivity index (χ0v) is 12.1. The average Bonchev–Trinajstić information content (AvgIpc) is 2.89. The van der Waals surface area contributed by atoms with Gasteiger partial charge in [0.05, 0.1) is 17.0 Å². The highest BCUT2D eigenvalue weighted by Crippen LogP contribution is 2.39. The zero-order chi connectivity index (χ0) is 14.9. The van der Waals surface area contributed by atoms with Crippen molar-refractivity contribution in [2.75, 3.05) is 6.54 Å². The van der Waals surface area contributed by atoms with Gasteiger partial charge >= 0.3 is 5.69 Å². The van der Waals surface area contributed by atoms with Crippen LogP contribution in [-0.4, -0.2) is 21.4 Å². The second kappa shape index (κ2) is 5.49. The van der Waals surface area contributed by atoms with Crippen molar-refractivity contribution >= 4 is 0 Å². The molecule has 0 saturated heterocycles. The van der Waals surface area contributed by atoms with Crippen molar-refractivity contribution in [3.63, 3.8) is 0 Å². The minimum absolute atomic E-state index is 0.188. The van der Waals surface area contributed by atoms with E-state index in [9.17, 15) is 14.9 Å².